The molecular weight excluding hydrogens is 542 g/mol. The predicted molar refractivity (Wildman–Crippen MR) is 164 cm³/mol. The summed E-state index contributed by atoms with van der Waals surface area (Å²) >= 11 is 0. The van der Waals surface area contributed by atoms with Crippen LogP contribution in [0.4, 0.5) is 9.59 Å². The molecule has 1 saturated heterocycles. The van der Waals surface area contributed by atoms with Crippen molar-refractivity contribution in [2.45, 2.75) is 70.0 Å². The minimum Gasteiger partial charge on any atom is -0.465 e. The van der Waals surface area contributed by atoms with E-state index in [4.69, 9.17) is 4.74 Å². The number of hydrogen-bond acceptors (Lipinski definition) is 4. The molecule has 0 bridgehead atoms. The average Bonchev–Trinajstić information content (AvgIpc) is 3.53. The molecule has 8 heteroatoms. The molecule has 3 atom stereocenters. The summed E-state index contributed by atoms with van der Waals surface area (Å²) in [5.74, 6) is -0.420. The lowest BCUT2D eigenvalue weighted by molar-refractivity contribution is -0.138. The number of nitrogens with one attached hydrogen (secondary N) is 2. The van der Waals surface area contributed by atoms with Gasteiger partial charge in [0.2, 0.25) is 5.91 Å². The summed E-state index contributed by atoms with van der Waals surface area (Å²) in [5.41, 5.74) is 4.67. The van der Waals surface area contributed by atoms with Crippen molar-refractivity contribution in [3.8, 4) is 11.1 Å². The Balaban J connectivity index is 1.18. The number of likely N-dealkylation sites (tertiary alicyclic amines) is 1. The van der Waals surface area contributed by atoms with Gasteiger partial charge in [-0.3, -0.25) is 9.69 Å². The van der Waals surface area contributed by atoms with Crippen molar-refractivity contribution >= 4 is 18.1 Å². The lowest BCUT2D eigenvalue weighted by Crippen LogP contribution is -2.64. The monoisotopic (exact) mass is 581 g/mol. The first-order chi connectivity index (χ1) is 20.6. The molecule has 1 heterocycles. The van der Waals surface area contributed by atoms with Gasteiger partial charge in [-0.2, -0.15) is 0 Å². The van der Waals surface area contributed by atoms with Crippen LogP contribution in [-0.4, -0.2) is 52.8 Å². The number of ether oxygens (including phenoxy) is 1. The summed E-state index contributed by atoms with van der Waals surface area (Å²) < 4.78 is 5.76. The van der Waals surface area contributed by atoms with Crippen molar-refractivity contribution < 1.29 is 24.2 Å². The highest BCUT2D eigenvalue weighted by Gasteiger charge is 2.60. The molecule has 0 radical (unpaired) electrons. The van der Waals surface area contributed by atoms with Gasteiger partial charge >= 0.3 is 12.2 Å². The van der Waals surface area contributed by atoms with Crippen LogP contribution in [0.15, 0.2) is 72.8 Å². The maximum Gasteiger partial charge on any atom is 0.408 e. The van der Waals surface area contributed by atoms with E-state index in [2.05, 4.69) is 41.0 Å². The van der Waals surface area contributed by atoms with Crippen molar-refractivity contribution in [1.82, 2.24) is 15.5 Å². The highest BCUT2D eigenvalue weighted by Crippen LogP contribution is 2.46. The number of fused-ring (bicyclic) bond motifs is 4. The average molecular weight is 582 g/mol. The van der Waals surface area contributed by atoms with Gasteiger partial charge in [-0.15, -0.1) is 0 Å². The van der Waals surface area contributed by atoms with Crippen molar-refractivity contribution in [2.75, 3.05) is 13.2 Å². The first-order valence-corrected chi connectivity index (χ1v) is 15.1. The number of rotatable bonds is 5. The van der Waals surface area contributed by atoms with Gasteiger partial charge in [0.15, 0.2) is 0 Å². The number of carbonyl (C=O) groups is 3. The van der Waals surface area contributed by atoms with E-state index in [-0.39, 0.29) is 37.4 Å². The van der Waals surface area contributed by atoms with E-state index in [1.54, 1.807) is 0 Å². The zero-order valence-electron chi connectivity index (χ0n) is 24.9. The van der Waals surface area contributed by atoms with E-state index >= 15 is 0 Å². The number of amides is 3. The minimum absolute atomic E-state index is 0.00846. The third-order valence-corrected chi connectivity index (χ3v) is 9.59. The Labute approximate surface area is 252 Å². The summed E-state index contributed by atoms with van der Waals surface area (Å²) in [6.07, 6.45) is 1.03. The number of benzene rings is 3. The van der Waals surface area contributed by atoms with Gasteiger partial charge in [0.25, 0.3) is 0 Å². The fourth-order valence-electron chi connectivity index (χ4n) is 7.50. The maximum absolute atomic E-state index is 14.2. The highest BCUT2D eigenvalue weighted by atomic mass is 16.5. The summed E-state index contributed by atoms with van der Waals surface area (Å²) in [5, 5.41) is 16.4. The van der Waals surface area contributed by atoms with Gasteiger partial charge in [-0.05, 0) is 58.1 Å². The number of alkyl carbamates (subject to hydrolysis) is 1. The zero-order valence-corrected chi connectivity index (χ0v) is 24.9. The molecule has 1 aliphatic heterocycles. The normalized spacial score (nSPS) is 22.7. The molecule has 43 heavy (non-hydrogen) atoms. The molecule has 3 N–H and O–H groups in total. The van der Waals surface area contributed by atoms with E-state index in [0.717, 1.165) is 47.1 Å². The summed E-state index contributed by atoms with van der Waals surface area (Å²) in [6.45, 7) is 5.79. The molecule has 6 rings (SSSR count). The van der Waals surface area contributed by atoms with Crippen molar-refractivity contribution in [3.63, 3.8) is 0 Å². The molecule has 8 nitrogen and oxygen atoms in total. The second-order valence-electron chi connectivity index (χ2n) is 13.0. The molecule has 3 aliphatic rings. The molecule has 3 aromatic rings. The predicted octanol–water partition coefficient (Wildman–Crippen LogP) is 6.26. The van der Waals surface area contributed by atoms with Crippen LogP contribution in [0.2, 0.25) is 0 Å². The second kappa shape index (κ2) is 11.1. The Morgan fingerprint density at radius 2 is 1.51 bits per heavy atom. The van der Waals surface area contributed by atoms with Gasteiger partial charge < -0.3 is 20.5 Å². The topological polar surface area (TPSA) is 108 Å². The molecule has 1 fully saturated rings. The first-order valence-electron chi connectivity index (χ1n) is 15.1. The Kier molecular flexibility index (Phi) is 7.40. The molecule has 3 amide bonds. The molecule has 0 saturated carbocycles. The van der Waals surface area contributed by atoms with Gasteiger partial charge in [-0.25, -0.2) is 9.59 Å². The highest BCUT2D eigenvalue weighted by molar-refractivity contribution is 5.92. The van der Waals surface area contributed by atoms with Crippen molar-refractivity contribution in [3.05, 3.63) is 95.1 Å². The molecule has 0 spiro atoms. The van der Waals surface area contributed by atoms with E-state index in [9.17, 15) is 19.5 Å². The maximum atomic E-state index is 14.2. The van der Waals surface area contributed by atoms with Gasteiger partial charge in [0.05, 0.1) is 12.1 Å². The van der Waals surface area contributed by atoms with Crippen LogP contribution in [0.25, 0.3) is 11.1 Å². The van der Waals surface area contributed by atoms with Crippen LogP contribution in [-0.2, 0) is 16.0 Å². The Bertz CT molecular complexity index is 1520. The smallest absolute Gasteiger partial charge is 0.408 e. The van der Waals surface area contributed by atoms with Crippen LogP contribution in [0, 0.1) is 5.41 Å². The molecule has 224 valence electrons. The SMILES string of the molecule is CC(C)(C)[C@]1(C(=O)N[C@@H]2CCCc3ccccc32)C[C@H](NC(=O)OCC2c3ccccc3-c3ccccc32)CN1C(=O)O. The number of carbonyl (C=O) groups excluding carboxylic acids is 2. The van der Waals surface area contributed by atoms with E-state index < -0.39 is 29.2 Å². The fourth-order valence-corrected chi connectivity index (χ4v) is 7.50. The van der Waals surface area contributed by atoms with Crippen LogP contribution < -0.4 is 10.6 Å². The minimum atomic E-state index is -1.38. The van der Waals surface area contributed by atoms with Crippen LogP contribution in [0.3, 0.4) is 0 Å². The van der Waals surface area contributed by atoms with Gasteiger partial charge in [-0.1, -0.05) is 93.6 Å². The standard InChI is InChI=1S/C35H39N3O5/c1-34(2,3)35(31(39)37-30-18-10-12-22-11-4-5-13-24(22)30)19-23(20-38(35)33(41)42)36-32(40)43-21-29-27-16-8-6-14-25(27)26-15-7-9-17-28(26)29/h4-9,11,13-17,23,29-30H,10,12,18-21H2,1-3H3,(H,36,40)(H,37,39)(H,41,42)/t23-,30+,35+/m0/s1. The fraction of sp³-hybridized carbons (Fsp3) is 0.400. The molecule has 3 aromatic carbocycles. The molecule has 0 unspecified atom stereocenters. The quantitative estimate of drug-likeness (QED) is 0.330. The Morgan fingerprint density at radius 1 is 0.907 bits per heavy atom. The summed E-state index contributed by atoms with van der Waals surface area (Å²) in [7, 11) is 0. The number of aryl methyl sites for hydroxylation is 1. The van der Waals surface area contributed by atoms with Gasteiger partial charge in [0.1, 0.15) is 12.1 Å². The third kappa shape index (κ3) is 5.02. The number of hydrogen-bond donors (Lipinski definition) is 3. The van der Waals surface area contributed by atoms with Crippen LogP contribution in [0.1, 0.15) is 74.2 Å². The summed E-state index contributed by atoms with van der Waals surface area (Å²) in [4.78, 5) is 41.2. The zero-order chi connectivity index (χ0) is 30.4. The number of nitrogens with zero attached hydrogens (tertiary/aromatic N) is 1. The summed E-state index contributed by atoms with van der Waals surface area (Å²) in [6, 6.07) is 23.6. The number of carboxylic acid groups (broad SMARTS) is 1. The van der Waals surface area contributed by atoms with E-state index in [1.807, 2.05) is 63.2 Å². The molecule has 0 aromatic heterocycles. The van der Waals surface area contributed by atoms with Gasteiger partial charge in [0, 0.05) is 18.9 Å². The van der Waals surface area contributed by atoms with Crippen molar-refractivity contribution in [1.29, 1.82) is 0 Å². The third-order valence-electron chi connectivity index (χ3n) is 9.59. The second-order valence-corrected chi connectivity index (χ2v) is 13.0. The van der Waals surface area contributed by atoms with Crippen LogP contribution in [0.5, 0.6) is 0 Å². The Hall–Kier alpha value is -4.33. The molecular formula is C35H39N3O5. The lowest BCUT2D eigenvalue weighted by Gasteiger charge is -2.46. The van der Waals surface area contributed by atoms with E-state index in [1.165, 1.54) is 10.5 Å². The Morgan fingerprint density at radius 3 is 2.14 bits per heavy atom. The van der Waals surface area contributed by atoms with Crippen molar-refractivity contribution in [2.24, 2.45) is 5.41 Å². The first kappa shape index (κ1) is 28.8. The van der Waals surface area contributed by atoms with Crippen LogP contribution >= 0.6 is 0 Å². The lowest BCUT2D eigenvalue weighted by atomic mass is 9.70. The largest absolute Gasteiger partial charge is 0.465 e. The molecule has 2 aliphatic carbocycles. The van der Waals surface area contributed by atoms with E-state index in [0.29, 0.717) is 0 Å².